The summed E-state index contributed by atoms with van der Waals surface area (Å²) in [5.41, 5.74) is 1.54. The van der Waals surface area contributed by atoms with Crippen molar-refractivity contribution < 1.29 is 34.7 Å². The van der Waals surface area contributed by atoms with Gasteiger partial charge in [-0.25, -0.2) is 4.79 Å². The number of ether oxygens (including phenoxy) is 2. The number of hydrogen-bond acceptors (Lipinski definition) is 10. The van der Waals surface area contributed by atoms with Crippen molar-refractivity contribution >= 4 is 51.7 Å². The molecule has 226 valence electrons. The molecule has 0 aromatic heterocycles. The van der Waals surface area contributed by atoms with E-state index in [1.54, 1.807) is 42.1 Å². The maximum absolute atomic E-state index is 13.3. The fourth-order valence-corrected chi connectivity index (χ4v) is 7.55. The molecule has 5 N–H and O–H groups in total. The molecule has 0 fully saturated rings. The lowest BCUT2D eigenvalue weighted by molar-refractivity contribution is 0.0224. The van der Waals surface area contributed by atoms with Gasteiger partial charge >= 0.3 is 5.97 Å². The number of rotatable bonds is 9. The number of thioether (sulfide) groups is 2. The van der Waals surface area contributed by atoms with Gasteiger partial charge in [0.2, 0.25) is 0 Å². The van der Waals surface area contributed by atoms with Crippen molar-refractivity contribution in [2.45, 2.75) is 36.2 Å². The molecule has 4 aromatic carbocycles. The Kier molecular flexibility index (Phi) is 8.53. The highest BCUT2D eigenvalue weighted by molar-refractivity contribution is 8.23. The second kappa shape index (κ2) is 12.5. The number of benzene rings is 4. The quantitative estimate of drug-likeness (QED) is 0.0400. The molecule has 1 spiro atoms. The second-order valence-corrected chi connectivity index (χ2v) is 13.4. The third-order valence-electron chi connectivity index (χ3n) is 7.53. The lowest BCUT2D eigenvalue weighted by Crippen LogP contribution is -2.32. The topological polar surface area (TPSA) is 128 Å². The molecule has 11 heteroatoms. The second-order valence-electron chi connectivity index (χ2n) is 10.4. The predicted octanol–water partition coefficient (Wildman–Crippen LogP) is 7.86. The normalized spacial score (nSPS) is 13.9. The van der Waals surface area contributed by atoms with Crippen LogP contribution in [0.5, 0.6) is 34.5 Å². The molecular formula is C33H29NO7S3. The zero-order valence-corrected chi connectivity index (χ0v) is 25.9. The van der Waals surface area contributed by atoms with Gasteiger partial charge in [0.05, 0.1) is 10.5 Å². The molecule has 8 nitrogen and oxygen atoms in total. The Morgan fingerprint density at radius 2 is 1.45 bits per heavy atom. The third-order valence-corrected chi connectivity index (χ3v) is 9.97. The van der Waals surface area contributed by atoms with E-state index >= 15 is 0 Å². The highest BCUT2D eigenvalue weighted by atomic mass is 32.2. The Bertz CT molecular complexity index is 1710. The van der Waals surface area contributed by atoms with Crippen LogP contribution in [-0.2, 0) is 10.3 Å². The lowest BCUT2D eigenvalue weighted by Gasteiger charge is -2.36. The van der Waals surface area contributed by atoms with E-state index in [2.05, 4.69) is 5.32 Å². The van der Waals surface area contributed by atoms with Gasteiger partial charge in [-0.05, 0) is 67.1 Å². The van der Waals surface area contributed by atoms with Gasteiger partial charge in [-0.3, -0.25) is 0 Å². The smallest absolute Gasteiger partial charge is 0.340 e. The molecule has 6 rings (SSSR count). The first-order valence-corrected chi connectivity index (χ1v) is 16.4. The van der Waals surface area contributed by atoms with Gasteiger partial charge in [0.1, 0.15) is 27.3 Å². The van der Waals surface area contributed by atoms with Gasteiger partial charge in [0.15, 0.2) is 17.1 Å². The zero-order valence-electron chi connectivity index (χ0n) is 23.4. The highest BCUT2D eigenvalue weighted by Crippen LogP contribution is 2.57. The van der Waals surface area contributed by atoms with E-state index in [0.717, 1.165) is 37.2 Å². The van der Waals surface area contributed by atoms with E-state index in [1.807, 2.05) is 12.1 Å². The van der Waals surface area contributed by atoms with Gasteiger partial charge in [0, 0.05) is 40.3 Å². The first kappa shape index (κ1) is 30.0. The van der Waals surface area contributed by atoms with Crippen LogP contribution in [0.25, 0.3) is 0 Å². The molecule has 2 aliphatic rings. The number of phenolic OH excluding ortho intramolecular Hbond substituents is 4. The molecule has 2 heterocycles. The Morgan fingerprint density at radius 3 is 2.16 bits per heavy atom. The molecule has 4 aromatic rings. The van der Waals surface area contributed by atoms with E-state index in [-0.39, 0.29) is 23.0 Å². The predicted molar refractivity (Wildman–Crippen MR) is 176 cm³/mol. The summed E-state index contributed by atoms with van der Waals surface area (Å²) in [6.07, 6.45) is 4.11. The number of anilines is 1. The molecule has 0 unspecified atom stereocenters. The summed E-state index contributed by atoms with van der Waals surface area (Å²) in [6, 6.07) is 19.7. The van der Waals surface area contributed by atoms with Crippen LogP contribution in [-0.4, -0.2) is 42.2 Å². The third kappa shape index (κ3) is 5.74. The standard InChI is InChI=1S/C33H29NO7S3/c35-20-9-12-24-27(17-20)40-28-18-21(36)10-13-25(28)33(24)23-11-8-19(16-22(23)31(39)41-33)34-32(42)44-15-4-2-1-3-14-43-29-7-5-6-26(37)30(29)38/h5-13,16-18,35-38H,1-4,14-15H2,(H,34,42). The Morgan fingerprint density at radius 1 is 0.795 bits per heavy atom. The minimum Gasteiger partial charge on any atom is -0.508 e. The van der Waals surface area contributed by atoms with E-state index in [0.29, 0.717) is 48.7 Å². The van der Waals surface area contributed by atoms with Crippen molar-refractivity contribution in [3.8, 4) is 34.5 Å². The summed E-state index contributed by atoms with van der Waals surface area (Å²) in [7, 11) is 0. The van der Waals surface area contributed by atoms with Crippen molar-refractivity contribution in [2.75, 3.05) is 16.8 Å². The monoisotopic (exact) mass is 647 g/mol. The number of aromatic hydroxyl groups is 4. The Labute approximate surface area is 268 Å². The van der Waals surface area contributed by atoms with Crippen LogP contribution in [0, 0.1) is 0 Å². The summed E-state index contributed by atoms with van der Waals surface area (Å²) < 4.78 is 12.7. The zero-order chi connectivity index (χ0) is 30.8. The van der Waals surface area contributed by atoms with Crippen LogP contribution in [0.2, 0.25) is 0 Å². The van der Waals surface area contributed by atoms with Crippen LogP contribution < -0.4 is 10.1 Å². The molecule has 0 saturated heterocycles. The number of fused-ring (bicyclic) bond motifs is 6. The molecular weight excluding hydrogens is 619 g/mol. The van der Waals surface area contributed by atoms with Crippen molar-refractivity contribution in [2.24, 2.45) is 0 Å². The average molecular weight is 648 g/mol. The van der Waals surface area contributed by atoms with Crippen LogP contribution in [0.15, 0.2) is 77.7 Å². The van der Waals surface area contributed by atoms with Crippen molar-refractivity contribution in [3.63, 3.8) is 0 Å². The van der Waals surface area contributed by atoms with Crippen molar-refractivity contribution in [1.29, 1.82) is 0 Å². The van der Waals surface area contributed by atoms with E-state index in [1.165, 1.54) is 42.1 Å². The van der Waals surface area contributed by atoms with Crippen LogP contribution >= 0.6 is 35.7 Å². The molecule has 0 amide bonds. The lowest BCUT2D eigenvalue weighted by atomic mass is 9.77. The fourth-order valence-electron chi connectivity index (χ4n) is 5.47. The maximum Gasteiger partial charge on any atom is 0.340 e. The van der Waals surface area contributed by atoms with Crippen LogP contribution in [0.3, 0.4) is 0 Å². The summed E-state index contributed by atoms with van der Waals surface area (Å²) >= 11 is 8.65. The van der Waals surface area contributed by atoms with Crippen LogP contribution in [0.4, 0.5) is 5.69 Å². The van der Waals surface area contributed by atoms with Crippen molar-refractivity contribution in [3.05, 3.63) is 95.1 Å². The fraction of sp³-hybridized carbons (Fsp3) is 0.212. The number of esters is 1. The number of carbonyl (C=O) groups excluding carboxylic acids is 1. The Hall–Kier alpha value is -4.06. The number of unbranched alkanes of at least 4 members (excludes halogenated alkanes) is 3. The molecule has 0 bridgehead atoms. The summed E-state index contributed by atoms with van der Waals surface area (Å²) in [5.74, 6) is 1.73. The molecule has 44 heavy (non-hydrogen) atoms. The maximum atomic E-state index is 13.3. The van der Waals surface area contributed by atoms with Gasteiger partial charge in [-0.2, -0.15) is 0 Å². The van der Waals surface area contributed by atoms with E-state index in [4.69, 9.17) is 21.7 Å². The van der Waals surface area contributed by atoms with Gasteiger partial charge in [-0.15, -0.1) is 11.8 Å². The number of carbonyl (C=O) groups is 1. The summed E-state index contributed by atoms with van der Waals surface area (Å²) in [5, 5.41) is 42.9. The first-order valence-electron chi connectivity index (χ1n) is 14.1. The summed E-state index contributed by atoms with van der Waals surface area (Å²) in [4.78, 5) is 14.0. The molecule has 0 saturated carbocycles. The van der Waals surface area contributed by atoms with Gasteiger partial charge < -0.3 is 35.2 Å². The molecule has 0 aliphatic carbocycles. The minimum absolute atomic E-state index is 0.00251. The number of para-hydroxylation sites is 1. The molecule has 2 aliphatic heterocycles. The number of phenols is 4. The minimum atomic E-state index is -1.30. The van der Waals surface area contributed by atoms with Crippen LogP contribution in [0.1, 0.15) is 52.7 Å². The molecule has 0 atom stereocenters. The van der Waals surface area contributed by atoms with Gasteiger partial charge in [0.25, 0.3) is 0 Å². The number of hydrogen-bond donors (Lipinski definition) is 5. The SMILES string of the molecule is O=C1OC2(c3ccc(O)cc3Oc3cc(O)ccc32)c2ccc(NC(=S)SCCCCCCSc3cccc(O)c3O)cc21. The Balaban J connectivity index is 1.06. The number of thiocarbonyl (C=S) groups is 1. The highest BCUT2D eigenvalue weighted by Gasteiger charge is 2.53. The number of nitrogens with one attached hydrogen (secondary N) is 1. The largest absolute Gasteiger partial charge is 0.508 e. The first-order chi connectivity index (χ1) is 21.3. The average Bonchev–Trinajstić information content (AvgIpc) is 3.27. The molecule has 0 radical (unpaired) electrons. The van der Waals surface area contributed by atoms with E-state index < -0.39 is 11.6 Å². The van der Waals surface area contributed by atoms with Gasteiger partial charge in [-0.1, -0.05) is 49.0 Å². The van der Waals surface area contributed by atoms with E-state index in [9.17, 15) is 25.2 Å². The van der Waals surface area contributed by atoms with Crippen molar-refractivity contribution in [1.82, 2.24) is 0 Å². The summed E-state index contributed by atoms with van der Waals surface area (Å²) in [6.45, 7) is 0.